The second-order valence-corrected chi connectivity index (χ2v) is 16.3. The lowest BCUT2D eigenvalue weighted by Crippen LogP contribution is -2.20. The van der Waals surface area contributed by atoms with Crippen molar-refractivity contribution >= 4 is 40.9 Å². The van der Waals surface area contributed by atoms with E-state index in [1.165, 1.54) is 16.2 Å². The zero-order valence-electron chi connectivity index (χ0n) is 30.7. The Labute approximate surface area is 294 Å². The molecule has 0 atom stereocenters. The highest BCUT2D eigenvalue weighted by Crippen LogP contribution is 2.51. The first-order chi connectivity index (χ1) is 23.3. The Morgan fingerprint density at radius 1 is 0.388 bits per heavy atom. The van der Waals surface area contributed by atoms with Gasteiger partial charge in [-0.1, -0.05) is 135 Å². The van der Waals surface area contributed by atoms with E-state index in [4.69, 9.17) is 13.6 Å². The average Bonchev–Trinajstić information content (AvgIpc) is 3.10. The van der Waals surface area contributed by atoms with Crippen LogP contribution in [0.5, 0.6) is 17.2 Å². The quantitative estimate of drug-likeness (QED) is 0.121. The maximum absolute atomic E-state index is 7.10. The van der Waals surface area contributed by atoms with Gasteiger partial charge in [-0.2, -0.15) is 0 Å². The lowest BCUT2D eigenvalue weighted by Gasteiger charge is -2.31. The van der Waals surface area contributed by atoms with E-state index in [-0.39, 0.29) is 16.2 Å². The van der Waals surface area contributed by atoms with E-state index in [1.54, 1.807) is 0 Å². The molecule has 0 saturated carbocycles. The number of rotatable bonds is 12. The van der Waals surface area contributed by atoms with E-state index < -0.39 is 8.60 Å². The third-order valence-electron chi connectivity index (χ3n) is 10.9. The van der Waals surface area contributed by atoms with Crippen molar-refractivity contribution < 1.29 is 13.6 Å². The molecule has 6 aromatic rings. The van der Waals surface area contributed by atoms with Gasteiger partial charge in [-0.25, -0.2) is 0 Å². The first kappa shape index (κ1) is 34.8. The molecule has 0 saturated heterocycles. The Bertz CT molecular complexity index is 1870. The summed E-state index contributed by atoms with van der Waals surface area (Å²) in [5.41, 5.74) is 3.06. The zero-order chi connectivity index (χ0) is 35.0. The van der Waals surface area contributed by atoms with Crippen LogP contribution in [0.4, 0.5) is 0 Å². The van der Waals surface area contributed by atoms with Crippen LogP contribution in [0.15, 0.2) is 109 Å². The number of hydrogen-bond acceptors (Lipinski definition) is 3. The molecule has 0 aliphatic carbocycles. The summed E-state index contributed by atoms with van der Waals surface area (Å²) in [6.07, 6.45) is 2.88. The van der Waals surface area contributed by atoms with Gasteiger partial charge >= 0.3 is 8.60 Å². The molecule has 0 heterocycles. The van der Waals surface area contributed by atoms with Crippen LogP contribution in [0.25, 0.3) is 32.3 Å². The fourth-order valence-corrected chi connectivity index (χ4v) is 7.39. The SMILES string of the molecule is CCC(C)(C)c1cc2ccccc2cc1OP(Oc1cc2ccccc2cc1C(C)(C)CC)Oc1cc2ccccc2cc1C(C)(C)CC. The molecule has 6 aromatic carbocycles. The molecule has 6 rings (SSSR count). The molecule has 0 aliphatic rings. The van der Waals surface area contributed by atoms with E-state index in [1.807, 2.05) is 0 Å². The summed E-state index contributed by atoms with van der Waals surface area (Å²) in [5.74, 6) is 2.39. The Hall–Kier alpha value is -4.07. The Balaban J connectivity index is 1.55. The van der Waals surface area contributed by atoms with Crippen molar-refractivity contribution in [2.75, 3.05) is 0 Å². The molecule has 0 bridgehead atoms. The van der Waals surface area contributed by atoms with Crippen LogP contribution in [-0.4, -0.2) is 0 Å². The first-order valence-electron chi connectivity index (χ1n) is 17.8. The topological polar surface area (TPSA) is 27.7 Å². The monoisotopic (exact) mass is 670 g/mol. The molecule has 0 aliphatic heterocycles. The lowest BCUT2D eigenvalue weighted by atomic mass is 9.81. The van der Waals surface area contributed by atoms with Crippen LogP contribution in [-0.2, 0) is 16.2 Å². The van der Waals surface area contributed by atoms with E-state index in [9.17, 15) is 0 Å². The fourth-order valence-electron chi connectivity index (χ4n) is 6.34. The molecule has 4 heteroatoms. The Morgan fingerprint density at radius 3 is 0.837 bits per heavy atom. The minimum Gasteiger partial charge on any atom is -0.408 e. The van der Waals surface area contributed by atoms with Crippen molar-refractivity contribution in [2.45, 2.75) is 97.8 Å². The Morgan fingerprint density at radius 2 is 0.612 bits per heavy atom. The summed E-state index contributed by atoms with van der Waals surface area (Å²) in [7, 11) is -1.96. The molecule has 0 radical (unpaired) electrons. The summed E-state index contributed by atoms with van der Waals surface area (Å²) < 4.78 is 21.3. The summed E-state index contributed by atoms with van der Waals surface area (Å²) >= 11 is 0. The predicted octanol–water partition coefficient (Wildman–Crippen LogP) is 14.0. The zero-order valence-corrected chi connectivity index (χ0v) is 31.6. The van der Waals surface area contributed by atoms with Crippen molar-refractivity contribution in [3.05, 3.63) is 126 Å². The third kappa shape index (κ3) is 7.15. The van der Waals surface area contributed by atoms with Crippen molar-refractivity contribution in [2.24, 2.45) is 0 Å². The highest BCUT2D eigenvalue weighted by molar-refractivity contribution is 7.43. The van der Waals surface area contributed by atoms with Crippen LogP contribution in [0.3, 0.4) is 0 Å². The van der Waals surface area contributed by atoms with Crippen molar-refractivity contribution in [3.63, 3.8) is 0 Å². The van der Waals surface area contributed by atoms with Gasteiger partial charge in [0.1, 0.15) is 17.2 Å². The molecular weight excluding hydrogens is 619 g/mol. The summed E-state index contributed by atoms with van der Waals surface area (Å²) in [6.45, 7) is 20.4. The maximum Gasteiger partial charge on any atom is 0.530 e. The van der Waals surface area contributed by atoms with Gasteiger partial charge in [0.2, 0.25) is 0 Å². The molecule has 0 amide bonds. The molecule has 3 nitrogen and oxygen atoms in total. The normalized spacial score (nSPS) is 12.6. The van der Waals surface area contributed by atoms with Gasteiger partial charge < -0.3 is 13.6 Å². The van der Waals surface area contributed by atoms with Crippen LogP contribution in [0, 0.1) is 0 Å². The average molecular weight is 671 g/mol. The maximum atomic E-state index is 7.10. The van der Waals surface area contributed by atoms with Crippen LogP contribution in [0.2, 0.25) is 0 Å². The van der Waals surface area contributed by atoms with Gasteiger partial charge in [0.25, 0.3) is 0 Å². The number of hydrogen-bond donors (Lipinski definition) is 0. The smallest absolute Gasteiger partial charge is 0.408 e. The first-order valence-corrected chi connectivity index (χ1v) is 18.9. The van der Waals surface area contributed by atoms with Gasteiger partial charge in [0.05, 0.1) is 0 Å². The van der Waals surface area contributed by atoms with Crippen LogP contribution < -0.4 is 13.6 Å². The van der Waals surface area contributed by atoms with Crippen molar-refractivity contribution in [1.29, 1.82) is 0 Å². The van der Waals surface area contributed by atoms with Gasteiger partial charge in [0, 0.05) is 16.7 Å². The molecule has 49 heavy (non-hydrogen) atoms. The standard InChI is InChI=1S/C45H51O3P/c1-10-43(4,5)37-25-31-19-13-16-22-34(31)28-40(37)46-49(47-41-29-35-23-17-14-20-32(35)26-38(41)44(6,7)11-2)48-42-30-36-24-18-15-21-33(36)27-39(42)45(8,9)12-3/h13-30H,10-12H2,1-9H3. The van der Waals surface area contributed by atoms with Crippen molar-refractivity contribution in [3.8, 4) is 17.2 Å². The summed E-state index contributed by atoms with van der Waals surface area (Å²) in [4.78, 5) is 0. The molecule has 254 valence electrons. The molecule has 0 fully saturated rings. The molecule has 0 unspecified atom stereocenters. The van der Waals surface area contributed by atoms with E-state index in [2.05, 4.69) is 172 Å². The lowest BCUT2D eigenvalue weighted by molar-refractivity contribution is 0.367. The molecule has 0 aromatic heterocycles. The largest absolute Gasteiger partial charge is 0.530 e. The second kappa shape index (κ2) is 13.7. The predicted molar refractivity (Wildman–Crippen MR) is 211 cm³/mol. The van der Waals surface area contributed by atoms with E-state index in [0.717, 1.165) is 69.4 Å². The summed E-state index contributed by atoms with van der Waals surface area (Å²) in [5, 5.41) is 6.96. The summed E-state index contributed by atoms with van der Waals surface area (Å²) in [6, 6.07) is 38.8. The number of benzene rings is 6. The highest BCUT2D eigenvalue weighted by Gasteiger charge is 2.33. The minimum absolute atomic E-state index is 0.128. The van der Waals surface area contributed by atoms with E-state index in [0.29, 0.717) is 0 Å². The molecule has 0 spiro atoms. The fraction of sp³-hybridized carbons (Fsp3) is 0.333. The van der Waals surface area contributed by atoms with Gasteiger partial charge in [-0.05, 0) is 104 Å². The highest BCUT2D eigenvalue weighted by atomic mass is 31.2. The van der Waals surface area contributed by atoms with Crippen LogP contribution >= 0.6 is 8.60 Å². The second-order valence-electron chi connectivity index (χ2n) is 15.3. The van der Waals surface area contributed by atoms with Gasteiger partial charge in [-0.3, -0.25) is 0 Å². The van der Waals surface area contributed by atoms with Crippen LogP contribution in [0.1, 0.15) is 98.3 Å². The minimum atomic E-state index is -1.96. The molecular formula is C45H51O3P. The van der Waals surface area contributed by atoms with E-state index >= 15 is 0 Å². The Kier molecular flexibility index (Phi) is 9.71. The number of fused-ring (bicyclic) bond motifs is 3. The van der Waals surface area contributed by atoms with Gasteiger partial charge in [-0.15, -0.1) is 0 Å². The van der Waals surface area contributed by atoms with Crippen molar-refractivity contribution in [1.82, 2.24) is 0 Å². The third-order valence-corrected chi connectivity index (χ3v) is 11.9. The molecule has 0 N–H and O–H groups in total. The van der Waals surface area contributed by atoms with Gasteiger partial charge in [0.15, 0.2) is 0 Å².